The van der Waals surface area contributed by atoms with Gasteiger partial charge in [-0.2, -0.15) is 0 Å². The van der Waals surface area contributed by atoms with E-state index in [0.717, 1.165) is 5.56 Å². The molecule has 0 radical (unpaired) electrons. The molecular formula is C19H20ClN7O2. The van der Waals surface area contributed by atoms with Crippen molar-refractivity contribution in [3.8, 4) is 0 Å². The summed E-state index contributed by atoms with van der Waals surface area (Å²) in [6.07, 6.45) is 5.22. The summed E-state index contributed by atoms with van der Waals surface area (Å²) in [7, 11) is 0. The summed E-state index contributed by atoms with van der Waals surface area (Å²) < 4.78 is 1.79. The third-order valence-corrected chi connectivity index (χ3v) is 5.30. The van der Waals surface area contributed by atoms with Gasteiger partial charge in [0.25, 0.3) is 0 Å². The van der Waals surface area contributed by atoms with Crippen LogP contribution in [0.5, 0.6) is 0 Å². The third kappa shape index (κ3) is 4.14. The van der Waals surface area contributed by atoms with E-state index in [4.69, 9.17) is 11.6 Å². The van der Waals surface area contributed by atoms with Gasteiger partial charge in [-0.1, -0.05) is 30.7 Å². The Kier molecular flexibility index (Phi) is 5.30. The normalized spacial score (nSPS) is 18.8. The summed E-state index contributed by atoms with van der Waals surface area (Å²) in [5.74, 6) is -0.0150. The zero-order valence-corrected chi connectivity index (χ0v) is 16.5. The van der Waals surface area contributed by atoms with E-state index in [9.17, 15) is 9.59 Å². The predicted octanol–water partition coefficient (Wildman–Crippen LogP) is 1.24. The molecule has 2 atom stereocenters. The Hall–Kier alpha value is -3.20. The first-order chi connectivity index (χ1) is 14.0. The van der Waals surface area contributed by atoms with Crippen molar-refractivity contribution < 1.29 is 9.59 Å². The van der Waals surface area contributed by atoms with Crippen molar-refractivity contribution >= 4 is 34.9 Å². The molecule has 29 heavy (non-hydrogen) atoms. The minimum atomic E-state index is -0.293. The van der Waals surface area contributed by atoms with Crippen LogP contribution in [0.1, 0.15) is 12.5 Å². The van der Waals surface area contributed by atoms with Crippen LogP contribution < -0.4 is 15.8 Å². The maximum atomic E-state index is 12.6. The lowest BCUT2D eigenvalue weighted by atomic mass is 9.98. The Morgan fingerprint density at radius 2 is 2.00 bits per heavy atom. The van der Waals surface area contributed by atoms with Gasteiger partial charge in [-0.3, -0.25) is 24.8 Å². The van der Waals surface area contributed by atoms with E-state index in [0.29, 0.717) is 29.6 Å². The van der Waals surface area contributed by atoms with Gasteiger partial charge >= 0.3 is 0 Å². The number of halogens is 1. The Morgan fingerprint density at radius 1 is 1.21 bits per heavy atom. The number of hydrogen-bond donors (Lipinski definition) is 2. The van der Waals surface area contributed by atoms with Crippen molar-refractivity contribution in [1.29, 1.82) is 0 Å². The molecule has 1 aliphatic heterocycles. The summed E-state index contributed by atoms with van der Waals surface area (Å²) in [6.45, 7) is 3.15. The van der Waals surface area contributed by atoms with Crippen molar-refractivity contribution in [2.45, 2.75) is 13.3 Å². The van der Waals surface area contributed by atoms with Crippen molar-refractivity contribution in [3.63, 3.8) is 0 Å². The van der Waals surface area contributed by atoms with Gasteiger partial charge in [-0.15, -0.1) is 10.2 Å². The van der Waals surface area contributed by atoms with Gasteiger partial charge in [0.05, 0.1) is 12.3 Å². The SMILES string of the molecule is C[C@@H]1CN(c2nccn3cnnc23)C[C@H]1C(=O)NNC(=O)Cc1ccc(Cl)cc1. The van der Waals surface area contributed by atoms with E-state index < -0.39 is 0 Å². The fourth-order valence-electron chi connectivity index (χ4n) is 3.51. The molecule has 1 fully saturated rings. The minimum absolute atomic E-state index is 0.0909. The van der Waals surface area contributed by atoms with Crippen LogP contribution in [-0.2, 0) is 16.0 Å². The van der Waals surface area contributed by atoms with Crippen LogP contribution >= 0.6 is 11.6 Å². The number of aromatic nitrogens is 4. The topological polar surface area (TPSA) is 105 Å². The Bertz CT molecular complexity index is 1040. The van der Waals surface area contributed by atoms with E-state index in [-0.39, 0.29) is 30.1 Å². The molecule has 10 heteroatoms. The lowest BCUT2D eigenvalue weighted by Crippen LogP contribution is -2.46. The maximum Gasteiger partial charge on any atom is 0.243 e. The lowest BCUT2D eigenvalue weighted by Gasteiger charge is -2.17. The second-order valence-electron chi connectivity index (χ2n) is 7.14. The molecule has 0 spiro atoms. The molecular weight excluding hydrogens is 394 g/mol. The van der Waals surface area contributed by atoms with Gasteiger partial charge in [-0.05, 0) is 23.6 Å². The molecule has 4 rings (SSSR count). The first-order valence-electron chi connectivity index (χ1n) is 9.23. The summed E-state index contributed by atoms with van der Waals surface area (Å²) in [5, 5.41) is 8.62. The molecule has 0 saturated carbocycles. The highest BCUT2D eigenvalue weighted by molar-refractivity contribution is 6.30. The number of fused-ring (bicyclic) bond motifs is 1. The van der Waals surface area contributed by atoms with Gasteiger partial charge in [0, 0.05) is 30.5 Å². The largest absolute Gasteiger partial charge is 0.352 e. The van der Waals surface area contributed by atoms with Gasteiger partial charge in [-0.25, -0.2) is 4.98 Å². The second kappa shape index (κ2) is 8.04. The Balaban J connectivity index is 1.35. The highest BCUT2D eigenvalue weighted by Gasteiger charge is 2.36. The van der Waals surface area contributed by atoms with Crippen molar-refractivity contribution in [2.24, 2.45) is 11.8 Å². The number of rotatable bonds is 4. The molecule has 2 aromatic heterocycles. The van der Waals surface area contributed by atoms with Crippen molar-refractivity contribution in [2.75, 3.05) is 18.0 Å². The Morgan fingerprint density at radius 3 is 2.79 bits per heavy atom. The number of amides is 2. The number of carbonyl (C=O) groups is 2. The van der Waals surface area contributed by atoms with Gasteiger partial charge in [0.15, 0.2) is 5.82 Å². The standard InChI is InChI=1S/C19H20ClN7O2/c1-12-9-27(17-18-24-22-11-26(18)7-6-21-17)10-15(12)19(29)25-23-16(28)8-13-2-4-14(20)5-3-13/h2-7,11-12,15H,8-10H2,1H3,(H,23,28)(H,25,29)/t12-,15-/m1/s1. The molecule has 9 nitrogen and oxygen atoms in total. The van der Waals surface area contributed by atoms with Crippen LogP contribution in [0.25, 0.3) is 5.65 Å². The fourth-order valence-corrected chi connectivity index (χ4v) is 3.63. The smallest absolute Gasteiger partial charge is 0.243 e. The number of benzene rings is 1. The summed E-state index contributed by atoms with van der Waals surface area (Å²) in [5.41, 5.74) is 6.50. The van der Waals surface area contributed by atoms with Crippen LogP contribution in [-0.4, -0.2) is 44.5 Å². The van der Waals surface area contributed by atoms with Crippen LogP contribution in [0.3, 0.4) is 0 Å². The molecule has 0 aliphatic carbocycles. The number of hydrazine groups is 1. The molecule has 0 unspecified atom stereocenters. The number of anilines is 1. The van der Waals surface area contributed by atoms with Crippen LogP contribution in [0.2, 0.25) is 5.02 Å². The molecule has 3 aromatic rings. The van der Waals surface area contributed by atoms with E-state index in [1.165, 1.54) is 0 Å². The van der Waals surface area contributed by atoms with Crippen LogP contribution in [0.4, 0.5) is 5.82 Å². The molecule has 1 saturated heterocycles. The van der Waals surface area contributed by atoms with E-state index in [1.54, 1.807) is 47.4 Å². The zero-order chi connectivity index (χ0) is 20.4. The number of nitrogens with zero attached hydrogens (tertiary/aromatic N) is 5. The quantitative estimate of drug-likeness (QED) is 0.623. The highest BCUT2D eigenvalue weighted by atomic mass is 35.5. The molecule has 1 aromatic carbocycles. The minimum Gasteiger partial charge on any atom is -0.352 e. The molecule has 150 valence electrons. The number of nitrogens with one attached hydrogen (secondary N) is 2. The van der Waals surface area contributed by atoms with Crippen LogP contribution in [0, 0.1) is 11.8 Å². The summed E-state index contributed by atoms with van der Waals surface area (Å²) in [6, 6.07) is 7.00. The molecule has 3 heterocycles. The highest BCUT2D eigenvalue weighted by Crippen LogP contribution is 2.28. The lowest BCUT2D eigenvalue weighted by molar-refractivity contribution is -0.131. The number of carbonyl (C=O) groups excluding carboxylic acids is 2. The monoisotopic (exact) mass is 413 g/mol. The van der Waals surface area contributed by atoms with E-state index in [1.807, 2.05) is 11.8 Å². The van der Waals surface area contributed by atoms with E-state index in [2.05, 4.69) is 26.0 Å². The summed E-state index contributed by atoms with van der Waals surface area (Å²) in [4.78, 5) is 31.2. The molecule has 2 N–H and O–H groups in total. The molecule has 2 amide bonds. The van der Waals surface area contributed by atoms with Gasteiger partial charge in [0.2, 0.25) is 17.5 Å². The van der Waals surface area contributed by atoms with Gasteiger partial charge in [0.1, 0.15) is 6.33 Å². The fraction of sp³-hybridized carbons (Fsp3) is 0.316. The average molecular weight is 414 g/mol. The predicted molar refractivity (Wildman–Crippen MR) is 107 cm³/mol. The first-order valence-corrected chi connectivity index (χ1v) is 9.61. The number of hydrogen-bond acceptors (Lipinski definition) is 6. The van der Waals surface area contributed by atoms with Crippen molar-refractivity contribution in [3.05, 3.63) is 53.6 Å². The zero-order valence-electron chi connectivity index (χ0n) is 15.7. The van der Waals surface area contributed by atoms with Crippen LogP contribution in [0.15, 0.2) is 43.0 Å². The Labute approximate surface area is 172 Å². The van der Waals surface area contributed by atoms with Crippen molar-refractivity contribution in [1.82, 2.24) is 30.4 Å². The third-order valence-electron chi connectivity index (χ3n) is 5.05. The van der Waals surface area contributed by atoms with Gasteiger partial charge < -0.3 is 4.90 Å². The molecule has 1 aliphatic rings. The van der Waals surface area contributed by atoms with E-state index >= 15 is 0 Å². The molecule has 0 bridgehead atoms. The first kappa shape index (κ1) is 19.1. The maximum absolute atomic E-state index is 12.6. The second-order valence-corrected chi connectivity index (χ2v) is 7.58. The average Bonchev–Trinajstić information content (AvgIpc) is 3.34. The summed E-state index contributed by atoms with van der Waals surface area (Å²) >= 11 is 5.84.